The second kappa shape index (κ2) is 22.4. The number of nitrogens with zero attached hydrogens (tertiary/aromatic N) is 3. The fourth-order valence-corrected chi connectivity index (χ4v) is 7.08. The van der Waals surface area contributed by atoms with Crippen LogP contribution in [0, 0.1) is 23.2 Å². The monoisotopic (exact) mass is 795 g/mol. The normalized spacial score (nSPS) is 17.3. The lowest BCUT2D eigenvalue weighted by Crippen LogP contribution is -2.46. The quantitative estimate of drug-likeness (QED) is 0.126. The third-order valence-electron chi connectivity index (χ3n) is 10.3. The molecule has 2 amide bonds. The second-order valence-corrected chi connectivity index (χ2v) is 14.7. The van der Waals surface area contributed by atoms with E-state index in [1.165, 1.54) is 18.1 Å². The predicted molar refractivity (Wildman–Crippen MR) is 220 cm³/mol. The molecule has 14 nitrogen and oxygen atoms in total. The first kappa shape index (κ1) is 45.2. The van der Waals surface area contributed by atoms with Gasteiger partial charge in [-0.1, -0.05) is 32.4 Å². The Bertz CT molecular complexity index is 1940. The molecule has 4 bridgehead atoms. The lowest BCUT2D eigenvalue weighted by Gasteiger charge is -2.32. The molecule has 310 valence electrons. The van der Waals surface area contributed by atoms with Crippen LogP contribution in [0.25, 0.3) is 11.1 Å². The van der Waals surface area contributed by atoms with Crippen molar-refractivity contribution in [2.75, 3.05) is 39.9 Å². The van der Waals surface area contributed by atoms with Crippen LogP contribution >= 0.6 is 0 Å². The van der Waals surface area contributed by atoms with E-state index in [0.717, 1.165) is 25.0 Å². The van der Waals surface area contributed by atoms with Crippen molar-refractivity contribution in [2.45, 2.75) is 83.7 Å². The molecule has 1 aromatic heterocycles. The van der Waals surface area contributed by atoms with Crippen molar-refractivity contribution < 1.29 is 33.4 Å². The summed E-state index contributed by atoms with van der Waals surface area (Å²) in [6, 6.07) is 13.9. The van der Waals surface area contributed by atoms with E-state index in [1.54, 1.807) is 43.3 Å². The molecule has 0 fully saturated rings. The molecule has 58 heavy (non-hydrogen) atoms. The number of fused-ring (bicyclic) bond motifs is 5. The summed E-state index contributed by atoms with van der Waals surface area (Å²) in [5.74, 6) is -2.91. The number of pyridine rings is 1. The van der Waals surface area contributed by atoms with Gasteiger partial charge in [0.15, 0.2) is 17.3 Å². The van der Waals surface area contributed by atoms with Crippen LogP contribution in [-0.2, 0) is 32.0 Å². The highest BCUT2D eigenvalue weighted by Gasteiger charge is 2.36. The van der Waals surface area contributed by atoms with Crippen molar-refractivity contribution in [1.29, 1.82) is 5.26 Å². The van der Waals surface area contributed by atoms with Crippen LogP contribution in [0.15, 0.2) is 54.7 Å². The minimum absolute atomic E-state index is 0.0218. The molecule has 0 aliphatic carbocycles. The maximum atomic E-state index is 14.6. The van der Waals surface area contributed by atoms with Gasteiger partial charge in [-0.3, -0.25) is 29.0 Å². The van der Waals surface area contributed by atoms with E-state index in [4.69, 9.17) is 26.7 Å². The second-order valence-electron chi connectivity index (χ2n) is 14.7. The Morgan fingerprint density at radius 3 is 2.28 bits per heavy atom. The molecule has 0 unspecified atom stereocenters. The molecule has 0 spiro atoms. The van der Waals surface area contributed by atoms with Crippen molar-refractivity contribution in [3.05, 3.63) is 77.1 Å². The summed E-state index contributed by atoms with van der Waals surface area (Å²) < 4.78 is 12.2. The largest absolute Gasteiger partial charge is 0.492 e. The number of hydrogen-bond donors (Lipinski definition) is 4. The molecule has 4 atom stereocenters. The third-order valence-corrected chi connectivity index (χ3v) is 10.3. The number of unbranched alkanes of at least 4 members (excludes halogenated alkanes) is 1. The summed E-state index contributed by atoms with van der Waals surface area (Å²) in [6.07, 6.45) is 4.11. The average Bonchev–Trinajstić information content (AvgIpc) is 3.22. The highest BCUT2D eigenvalue weighted by Crippen LogP contribution is 2.41. The number of aryl methyl sites for hydroxylation is 1. The summed E-state index contributed by atoms with van der Waals surface area (Å²) in [4.78, 5) is 75.5. The Labute approximate surface area is 340 Å². The lowest BCUT2D eigenvalue weighted by molar-refractivity contribution is -0.142. The van der Waals surface area contributed by atoms with Gasteiger partial charge < -0.3 is 36.9 Å². The zero-order chi connectivity index (χ0) is 42.2. The van der Waals surface area contributed by atoms with Crippen LogP contribution in [0.3, 0.4) is 0 Å². The van der Waals surface area contributed by atoms with Crippen LogP contribution in [0.2, 0.25) is 0 Å². The molecule has 14 heteroatoms. The number of nitrogens with one attached hydrogen (secondary N) is 1. The number of rotatable bonds is 19. The van der Waals surface area contributed by atoms with E-state index in [-0.39, 0.29) is 82.9 Å². The summed E-state index contributed by atoms with van der Waals surface area (Å²) >= 11 is 0. The van der Waals surface area contributed by atoms with Crippen molar-refractivity contribution >= 4 is 29.2 Å². The van der Waals surface area contributed by atoms with E-state index < -0.39 is 41.5 Å². The number of nitrogens with two attached hydrogens (primary N) is 3. The number of carbonyl (C=O) groups is 5. The molecule has 2 aromatic carbocycles. The highest BCUT2D eigenvalue weighted by atomic mass is 16.5. The molecule has 7 N–H and O–H groups in total. The number of carbonyl (C=O) groups excluding carboxylic acids is 5. The van der Waals surface area contributed by atoms with Gasteiger partial charge in [-0.25, -0.2) is 0 Å². The van der Waals surface area contributed by atoms with E-state index in [0.29, 0.717) is 39.3 Å². The van der Waals surface area contributed by atoms with E-state index in [9.17, 15) is 29.2 Å². The summed E-state index contributed by atoms with van der Waals surface area (Å²) in [5.41, 5.74) is 21.1. The van der Waals surface area contributed by atoms with E-state index >= 15 is 0 Å². The molecule has 2 heterocycles. The minimum Gasteiger partial charge on any atom is -0.492 e. The Balaban J connectivity index is 1.84. The summed E-state index contributed by atoms with van der Waals surface area (Å²) in [5, 5.41) is 12.0. The highest BCUT2D eigenvalue weighted by molar-refractivity contribution is 6.00. The molecular formula is C44H57N7O7. The van der Waals surface area contributed by atoms with Gasteiger partial charge in [-0.2, -0.15) is 5.26 Å². The summed E-state index contributed by atoms with van der Waals surface area (Å²) in [7, 11) is 1.51. The number of benzene rings is 2. The van der Waals surface area contributed by atoms with Gasteiger partial charge in [0.05, 0.1) is 12.1 Å². The Morgan fingerprint density at radius 2 is 1.66 bits per heavy atom. The zero-order valence-corrected chi connectivity index (χ0v) is 33.8. The van der Waals surface area contributed by atoms with Gasteiger partial charge in [0.1, 0.15) is 30.8 Å². The van der Waals surface area contributed by atoms with E-state index in [2.05, 4.69) is 17.2 Å². The van der Waals surface area contributed by atoms with Crippen molar-refractivity contribution in [1.82, 2.24) is 15.2 Å². The van der Waals surface area contributed by atoms with Crippen LogP contribution in [0.5, 0.6) is 11.5 Å². The lowest BCUT2D eigenvalue weighted by atomic mass is 9.88. The number of nitriles is 1. The number of aromatic nitrogens is 1. The maximum Gasteiger partial charge on any atom is 0.226 e. The van der Waals surface area contributed by atoms with Crippen LogP contribution in [-0.4, -0.2) is 85.0 Å². The molecule has 4 rings (SSSR count). The van der Waals surface area contributed by atoms with Gasteiger partial charge in [-0.05, 0) is 79.8 Å². The fraction of sp³-hybridized carbons (Fsp3) is 0.477. The van der Waals surface area contributed by atoms with Gasteiger partial charge >= 0.3 is 0 Å². The van der Waals surface area contributed by atoms with Crippen molar-refractivity contribution in [2.24, 2.45) is 29.0 Å². The van der Waals surface area contributed by atoms with Crippen molar-refractivity contribution in [3.63, 3.8) is 0 Å². The Kier molecular flexibility index (Phi) is 17.5. The Morgan fingerprint density at radius 1 is 0.966 bits per heavy atom. The van der Waals surface area contributed by atoms with Gasteiger partial charge in [-0.15, -0.1) is 0 Å². The molecule has 1 aliphatic heterocycles. The van der Waals surface area contributed by atoms with Gasteiger partial charge in [0, 0.05) is 86.2 Å². The average molecular weight is 796 g/mol. The first-order chi connectivity index (χ1) is 27.9. The molecular weight excluding hydrogens is 739 g/mol. The van der Waals surface area contributed by atoms with Gasteiger partial charge in [0.25, 0.3) is 0 Å². The van der Waals surface area contributed by atoms with E-state index in [1.807, 2.05) is 18.2 Å². The number of ketones is 3. The predicted octanol–water partition coefficient (Wildman–Crippen LogP) is 4.01. The number of likely N-dealkylation sites (N-methyl/N-ethyl adjacent to an activating group) is 1. The van der Waals surface area contributed by atoms with Gasteiger partial charge in [0.2, 0.25) is 11.8 Å². The van der Waals surface area contributed by atoms with Crippen LogP contribution in [0.1, 0.15) is 92.0 Å². The minimum atomic E-state index is -1.20. The number of Topliss-reactive ketones (excluding diaryl/α,β-unsaturated/α-hetero) is 3. The maximum absolute atomic E-state index is 14.6. The van der Waals surface area contributed by atoms with Crippen molar-refractivity contribution in [3.8, 4) is 28.7 Å². The molecule has 0 radical (unpaired) electrons. The van der Waals surface area contributed by atoms with Crippen LogP contribution in [0.4, 0.5) is 0 Å². The molecule has 0 saturated carbocycles. The summed E-state index contributed by atoms with van der Waals surface area (Å²) in [6.45, 7) is 4.62. The SMILES string of the molecule is CCCCc1ccc(C(=O)C[C@@H](CCN)C(=O)N(C)[C@@H]2C(=O)C[C@@H](C)C(=O)N[C@H](C(=O)CCC#N)Cc3ccc(OCCN)c(c3)-c3cc2ccc3OCCN)cn1. The number of hydrogen-bond acceptors (Lipinski definition) is 12. The first-order valence-corrected chi connectivity index (χ1v) is 20.1. The topological polar surface area (TPSA) is 234 Å². The molecule has 0 saturated heterocycles. The fourth-order valence-electron chi connectivity index (χ4n) is 7.08. The standard InChI is InChI=1S/C44H57N7O7/c1-4-5-7-33-12-10-32(27-49-33)38(53)26-31(15-17-46)44(56)51(3)42-30-11-14-41(58-21-19-48)35(25-30)34-23-29(9-13-40(34)57-20-18-47)24-36(37(52)8-6-16-45)50-43(55)28(2)22-39(42)54/h9-14,23,25,27-28,31,36,42H,4-8,15,17-22,24,26,46-48H2,1-3H3,(H,50,55)/t28-,31-,36+,42+/m1/s1. The smallest absolute Gasteiger partial charge is 0.226 e. The molecule has 3 aromatic rings. The number of amides is 2. The third kappa shape index (κ3) is 12.0. The van der Waals surface area contributed by atoms with Crippen LogP contribution < -0.4 is 32.0 Å². The zero-order valence-electron chi connectivity index (χ0n) is 33.8. The first-order valence-electron chi connectivity index (χ1n) is 20.1. The number of ether oxygens (including phenoxy) is 2. The molecule has 1 aliphatic rings. The Hall–Kier alpha value is -5.49.